The molecule has 1 rings (SSSR count). The van der Waals surface area contributed by atoms with E-state index in [4.69, 9.17) is 11.5 Å². The summed E-state index contributed by atoms with van der Waals surface area (Å²) in [5.74, 6) is -1.27. The van der Waals surface area contributed by atoms with Crippen LogP contribution in [0.1, 0.15) is 6.42 Å². The topological polar surface area (TPSA) is 156 Å². The summed E-state index contributed by atoms with van der Waals surface area (Å²) in [6.45, 7) is 0.412. The summed E-state index contributed by atoms with van der Waals surface area (Å²) in [6, 6.07) is 0. The van der Waals surface area contributed by atoms with E-state index >= 15 is 0 Å². The van der Waals surface area contributed by atoms with Crippen molar-refractivity contribution in [3.05, 3.63) is 20.2 Å². The standard InChI is InChI=1S/C6H10N6O4/c7-2-1-3-10-6(12(15)16)4(8)5(9-10)11(13)14/h1-3,7-8H2. The summed E-state index contributed by atoms with van der Waals surface area (Å²) in [6.07, 6.45) is 0.416. The van der Waals surface area contributed by atoms with E-state index in [0.717, 1.165) is 4.68 Å². The van der Waals surface area contributed by atoms with Gasteiger partial charge in [-0.25, -0.2) is 0 Å². The number of aryl methyl sites for hydroxylation is 1. The third kappa shape index (κ3) is 2.06. The molecule has 88 valence electrons. The highest BCUT2D eigenvalue weighted by molar-refractivity contribution is 5.65. The van der Waals surface area contributed by atoms with Gasteiger partial charge in [0.15, 0.2) is 5.10 Å². The first-order chi connectivity index (χ1) is 7.49. The zero-order valence-corrected chi connectivity index (χ0v) is 8.20. The molecule has 4 N–H and O–H groups in total. The molecule has 0 amide bonds. The maximum Gasteiger partial charge on any atom is 0.443 e. The Morgan fingerprint density at radius 3 is 2.38 bits per heavy atom. The lowest BCUT2D eigenvalue weighted by Crippen LogP contribution is -2.09. The van der Waals surface area contributed by atoms with E-state index in [2.05, 4.69) is 5.10 Å². The molecule has 0 aliphatic heterocycles. The van der Waals surface area contributed by atoms with Crippen molar-refractivity contribution < 1.29 is 9.85 Å². The van der Waals surface area contributed by atoms with Crippen LogP contribution in [-0.2, 0) is 6.54 Å². The Morgan fingerprint density at radius 1 is 1.31 bits per heavy atom. The van der Waals surface area contributed by atoms with Gasteiger partial charge < -0.3 is 31.7 Å². The van der Waals surface area contributed by atoms with Gasteiger partial charge in [-0.05, 0) is 21.1 Å². The highest BCUT2D eigenvalue weighted by Gasteiger charge is 2.34. The average Bonchev–Trinajstić information content (AvgIpc) is 2.52. The first kappa shape index (κ1) is 11.8. The summed E-state index contributed by atoms with van der Waals surface area (Å²) in [5, 5.41) is 24.6. The molecule has 0 aliphatic rings. The lowest BCUT2D eigenvalue weighted by molar-refractivity contribution is -0.393. The predicted molar refractivity (Wildman–Crippen MR) is 53.6 cm³/mol. The van der Waals surface area contributed by atoms with Gasteiger partial charge in [0, 0.05) is 6.42 Å². The minimum atomic E-state index is -0.860. The van der Waals surface area contributed by atoms with E-state index in [1.807, 2.05) is 0 Å². The molecular formula is C6H10N6O4. The molecule has 0 spiro atoms. The number of aromatic nitrogens is 2. The monoisotopic (exact) mass is 230 g/mol. The minimum Gasteiger partial charge on any atom is -0.385 e. The van der Waals surface area contributed by atoms with Crippen LogP contribution in [0.15, 0.2) is 0 Å². The van der Waals surface area contributed by atoms with Gasteiger partial charge in [0.1, 0.15) is 6.54 Å². The third-order valence-corrected chi connectivity index (χ3v) is 1.86. The van der Waals surface area contributed by atoms with Gasteiger partial charge in [-0.15, -0.1) is 0 Å². The number of hydrogen-bond donors (Lipinski definition) is 2. The number of anilines is 1. The average molecular weight is 230 g/mol. The molecule has 0 saturated carbocycles. The molecule has 0 radical (unpaired) electrons. The van der Waals surface area contributed by atoms with Crippen molar-refractivity contribution in [1.29, 1.82) is 0 Å². The number of hydrogen-bond acceptors (Lipinski definition) is 7. The van der Waals surface area contributed by atoms with Gasteiger partial charge in [-0.2, -0.15) is 0 Å². The van der Waals surface area contributed by atoms with Crippen LogP contribution in [0.5, 0.6) is 0 Å². The highest BCUT2D eigenvalue weighted by atomic mass is 16.6. The molecule has 1 heterocycles. The zero-order chi connectivity index (χ0) is 12.3. The summed E-state index contributed by atoms with van der Waals surface area (Å²) < 4.78 is 0.889. The summed E-state index contributed by atoms with van der Waals surface area (Å²) in [5.41, 5.74) is 9.98. The van der Waals surface area contributed by atoms with E-state index in [1.165, 1.54) is 0 Å². The van der Waals surface area contributed by atoms with Crippen LogP contribution in [0.3, 0.4) is 0 Å². The molecule has 0 aliphatic carbocycles. The maximum atomic E-state index is 10.7. The Labute approximate surface area is 89.1 Å². The van der Waals surface area contributed by atoms with Crippen molar-refractivity contribution >= 4 is 17.3 Å². The van der Waals surface area contributed by atoms with Crippen LogP contribution in [0.25, 0.3) is 0 Å². The molecule has 0 unspecified atom stereocenters. The van der Waals surface area contributed by atoms with Crippen LogP contribution >= 0.6 is 0 Å². The number of nitrogens with two attached hydrogens (primary N) is 2. The smallest absolute Gasteiger partial charge is 0.385 e. The fourth-order valence-corrected chi connectivity index (χ4v) is 1.18. The SMILES string of the molecule is NCCCn1nc([N+](=O)[O-])c(N)c1[N+](=O)[O-]. The van der Waals surface area contributed by atoms with Crippen molar-refractivity contribution in [2.75, 3.05) is 12.3 Å². The lowest BCUT2D eigenvalue weighted by atomic mass is 10.4. The summed E-state index contributed by atoms with van der Waals surface area (Å²) in [4.78, 5) is 19.5. The van der Waals surface area contributed by atoms with E-state index in [1.54, 1.807) is 0 Å². The molecule has 0 atom stereocenters. The third-order valence-electron chi connectivity index (χ3n) is 1.86. The Balaban J connectivity index is 3.20. The summed E-state index contributed by atoms with van der Waals surface area (Å²) in [7, 11) is 0. The molecule has 10 heteroatoms. The van der Waals surface area contributed by atoms with Crippen LogP contribution in [-0.4, -0.2) is 26.2 Å². The first-order valence-electron chi connectivity index (χ1n) is 4.34. The van der Waals surface area contributed by atoms with Crippen LogP contribution in [0, 0.1) is 20.2 Å². The van der Waals surface area contributed by atoms with Gasteiger partial charge in [0.25, 0.3) is 0 Å². The number of rotatable bonds is 5. The van der Waals surface area contributed by atoms with E-state index < -0.39 is 27.2 Å². The molecule has 1 aromatic rings. The maximum absolute atomic E-state index is 10.7. The molecule has 1 aromatic heterocycles. The number of nitro groups is 2. The highest BCUT2D eigenvalue weighted by Crippen LogP contribution is 2.30. The van der Waals surface area contributed by atoms with Gasteiger partial charge in [0.05, 0.1) is 0 Å². The quantitative estimate of drug-likeness (QED) is 0.515. The molecule has 16 heavy (non-hydrogen) atoms. The van der Waals surface area contributed by atoms with Crippen LogP contribution < -0.4 is 11.5 Å². The molecule has 10 nitrogen and oxygen atoms in total. The summed E-state index contributed by atoms with van der Waals surface area (Å²) >= 11 is 0. The number of nitrogen functional groups attached to an aromatic ring is 1. The van der Waals surface area contributed by atoms with E-state index in [9.17, 15) is 20.2 Å². The van der Waals surface area contributed by atoms with Gasteiger partial charge in [-0.3, -0.25) is 0 Å². The van der Waals surface area contributed by atoms with Crippen molar-refractivity contribution in [1.82, 2.24) is 9.78 Å². The second-order valence-electron chi connectivity index (χ2n) is 2.94. The van der Waals surface area contributed by atoms with E-state index in [0.29, 0.717) is 13.0 Å². The second kappa shape index (κ2) is 4.53. The largest absolute Gasteiger partial charge is 0.443 e. The second-order valence-corrected chi connectivity index (χ2v) is 2.94. The predicted octanol–water partition coefficient (Wildman–Crippen LogP) is -0.369. The van der Waals surface area contributed by atoms with Crippen molar-refractivity contribution in [3.63, 3.8) is 0 Å². The zero-order valence-electron chi connectivity index (χ0n) is 8.20. The Morgan fingerprint density at radius 2 is 1.94 bits per heavy atom. The Bertz CT molecular complexity index is 427. The fraction of sp³-hybridized carbons (Fsp3) is 0.500. The minimum absolute atomic E-state index is 0.116. The lowest BCUT2D eigenvalue weighted by Gasteiger charge is -1.94. The number of nitrogens with zero attached hydrogens (tertiary/aromatic N) is 4. The van der Waals surface area contributed by atoms with Crippen molar-refractivity contribution in [2.24, 2.45) is 5.73 Å². The van der Waals surface area contributed by atoms with Gasteiger partial charge in [-0.1, -0.05) is 0 Å². The molecule has 0 saturated heterocycles. The van der Waals surface area contributed by atoms with Crippen molar-refractivity contribution in [2.45, 2.75) is 13.0 Å². The normalized spacial score (nSPS) is 10.3. The molecule has 0 aromatic carbocycles. The Hall–Kier alpha value is -2.23. The molecule has 0 bridgehead atoms. The van der Waals surface area contributed by atoms with Gasteiger partial charge >= 0.3 is 11.6 Å². The Kier molecular flexibility index (Phi) is 3.35. The van der Waals surface area contributed by atoms with Crippen LogP contribution in [0.2, 0.25) is 0 Å². The molecule has 0 fully saturated rings. The molecular weight excluding hydrogens is 220 g/mol. The van der Waals surface area contributed by atoms with E-state index in [-0.39, 0.29) is 6.54 Å². The van der Waals surface area contributed by atoms with Gasteiger partial charge in [0.2, 0.25) is 5.69 Å². The fourth-order valence-electron chi connectivity index (χ4n) is 1.18. The van der Waals surface area contributed by atoms with Crippen LogP contribution in [0.4, 0.5) is 17.3 Å². The van der Waals surface area contributed by atoms with Crippen molar-refractivity contribution in [3.8, 4) is 0 Å². The first-order valence-corrected chi connectivity index (χ1v) is 4.34.